The highest BCUT2D eigenvalue weighted by Crippen LogP contribution is 2.25. The van der Waals surface area contributed by atoms with Gasteiger partial charge in [0, 0.05) is 16.8 Å². The van der Waals surface area contributed by atoms with Crippen LogP contribution >= 0.6 is 23.2 Å². The molecule has 0 aliphatic heterocycles. The number of hydrogen-bond donors (Lipinski definition) is 2. The Kier molecular flexibility index (Phi) is 6.29. The molecule has 0 saturated heterocycles. The molecule has 0 aliphatic carbocycles. The largest absolute Gasteiger partial charge is 0.497 e. The zero-order chi connectivity index (χ0) is 18.6. The first-order valence-electron chi connectivity index (χ1n) is 7.15. The summed E-state index contributed by atoms with van der Waals surface area (Å²) in [5.74, 6) is 0.0340. The van der Waals surface area contributed by atoms with E-state index in [1.54, 1.807) is 24.3 Å². The van der Waals surface area contributed by atoms with E-state index in [2.05, 4.69) is 10.0 Å². The van der Waals surface area contributed by atoms with Crippen LogP contribution in [0.2, 0.25) is 10.0 Å². The van der Waals surface area contributed by atoms with Crippen LogP contribution in [0.5, 0.6) is 5.75 Å². The van der Waals surface area contributed by atoms with Gasteiger partial charge in [-0.25, -0.2) is 8.42 Å². The van der Waals surface area contributed by atoms with Crippen LogP contribution in [0.3, 0.4) is 0 Å². The molecule has 2 aromatic rings. The van der Waals surface area contributed by atoms with E-state index < -0.39 is 22.0 Å². The summed E-state index contributed by atoms with van der Waals surface area (Å²) in [5.41, 5.74) is 0.483. The molecule has 0 aliphatic rings. The number of sulfonamides is 1. The highest BCUT2D eigenvalue weighted by atomic mass is 35.5. The number of carbonyl (C=O) groups excluding carboxylic acids is 1. The molecule has 6 nitrogen and oxygen atoms in total. The van der Waals surface area contributed by atoms with Crippen molar-refractivity contribution in [2.24, 2.45) is 0 Å². The maximum Gasteiger partial charge on any atom is 0.242 e. The average molecular weight is 403 g/mol. The number of methoxy groups -OCH3 is 1. The standard InChI is InChI=1S/C16H16Cl2N2O4S/c1-10(16(21)19-12-4-3-5-13(9-12)24-2)20-25(22,23)15-8-11(17)6-7-14(15)18/h3-10,20H,1-2H3,(H,19,21)/t10-/m0/s1. The topological polar surface area (TPSA) is 84.5 Å². The highest BCUT2D eigenvalue weighted by Gasteiger charge is 2.24. The summed E-state index contributed by atoms with van der Waals surface area (Å²) in [7, 11) is -2.51. The van der Waals surface area contributed by atoms with Crippen LogP contribution in [0.4, 0.5) is 5.69 Å². The lowest BCUT2D eigenvalue weighted by Gasteiger charge is -2.15. The first-order chi connectivity index (χ1) is 11.7. The molecule has 0 spiro atoms. The van der Waals surface area contributed by atoms with Gasteiger partial charge in [-0.3, -0.25) is 4.79 Å². The molecule has 25 heavy (non-hydrogen) atoms. The minimum atomic E-state index is -4.01. The van der Waals surface area contributed by atoms with E-state index in [9.17, 15) is 13.2 Å². The summed E-state index contributed by atoms with van der Waals surface area (Å²) in [6.07, 6.45) is 0. The average Bonchev–Trinajstić information content (AvgIpc) is 2.56. The van der Waals surface area contributed by atoms with E-state index in [1.807, 2.05) is 0 Å². The molecule has 0 fully saturated rings. The molecule has 9 heteroatoms. The molecule has 2 aromatic carbocycles. The molecule has 0 saturated carbocycles. The van der Waals surface area contributed by atoms with Crippen LogP contribution in [0.1, 0.15) is 6.92 Å². The van der Waals surface area contributed by atoms with Crippen LogP contribution in [0.15, 0.2) is 47.4 Å². The van der Waals surface area contributed by atoms with Crippen LogP contribution < -0.4 is 14.8 Å². The van der Waals surface area contributed by atoms with Gasteiger partial charge in [0.15, 0.2) is 0 Å². The second-order valence-corrected chi connectivity index (χ2v) is 7.66. The number of benzene rings is 2. The Morgan fingerprint density at radius 1 is 1.16 bits per heavy atom. The predicted molar refractivity (Wildman–Crippen MR) is 97.9 cm³/mol. The molecule has 0 aromatic heterocycles. The van der Waals surface area contributed by atoms with Crippen LogP contribution in [0, 0.1) is 0 Å². The van der Waals surface area contributed by atoms with Crippen molar-refractivity contribution in [2.45, 2.75) is 17.9 Å². The molecule has 134 valence electrons. The predicted octanol–water partition coefficient (Wildman–Crippen LogP) is 3.31. The lowest BCUT2D eigenvalue weighted by atomic mass is 10.2. The van der Waals surface area contributed by atoms with Crippen molar-refractivity contribution in [1.82, 2.24) is 4.72 Å². The van der Waals surface area contributed by atoms with Gasteiger partial charge in [-0.2, -0.15) is 4.72 Å². The van der Waals surface area contributed by atoms with Gasteiger partial charge < -0.3 is 10.1 Å². The van der Waals surface area contributed by atoms with Gasteiger partial charge in [-0.1, -0.05) is 29.3 Å². The van der Waals surface area contributed by atoms with Gasteiger partial charge in [0.25, 0.3) is 0 Å². The molecule has 0 heterocycles. The number of hydrogen-bond acceptors (Lipinski definition) is 4. The van der Waals surface area contributed by atoms with Gasteiger partial charge in [0.1, 0.15) is 10.6 Å². The first kappa shape index (κ1) is 19.5. The Bertz CT molecular complexity index is 887. The van der Waals surface area contributed by atoms with E-state index in [4.69, 9.17) is 27.9 Å². The molecule has 0 radical (unpaired) electrons. The van der Waals surface area contributed by atoms with E-state index in [0.29, 0.717) is 11.4 Å². The van der Waals surface area contributed by atoms with Gasteiger partial charge in [-0.15, -0.1) is 0 Å². The highest BCUT2D eigenvalue weighted by molar-refractivity contribution is 7.89. The third-order valence-electron chi connectivity index (χ3n) is 3.25. The van der Waals surface area contributed by atoms with Gasteiger partial charge in [0.2, 0.25) is 15.9 Å². The Morgan fingerprint density at radius 2 is 1.88 bits per heavy atom. The summed E-state index contributed by atoms with van der Waals surface area (Å²) in [4.78, 5) is 12.0. The lowest BCUT2D eigenvalue weighted by molar-refractivity contribution is -0.117. The fraction of sp³-hybridized carbons (Fsp3) is 0.188. The van der Waals surface area contributed by atoms with Crippen LogP contribution in [-0.2, 0) is 14.8 Å². The lowest BCUT2D eigenvalue weighted by Crippen LogP contribution is -2.41. The zero-order valence-electron chi connectivity index (χ0n) is 13.4. The smallest absolute Gasteiger partial charge is 0.242 e. The van der Waals surface area contributed by atoms with Crippen molar-refractivity contribution in [3.8, 4) is 5.75 Å². The first-order valence-corrected chi connectivity index (χ1v) is 9.39. The van der Waals surface area contributed by atoms with E-state index >= 15 is 0 Å². The number of nitrogens with one attached hydrogen (secondary N) is 2. The fourth-order valence-corrected chi connectivity index (χ4v) is 3.95. The molecular formula is C16H16Cl2N2O4S. The minimum absolute atomic E-state index is 0.0114. The number of rotatable bonds is 6. The third kappa shape index (κ3) is 5.09. The van der Waals surface area contributed by atoms with Crippen molar-refractivity contribution in [1.29, 1.82) is 0 Å². The number of halogens is 2. The summed E-state index contributed by atoms with van der Waals surface area (Å²) in [6, 6.07) is 9.74. The van der Waals surface area contributed by atoms with Crippen molar-refractivity contribution in [3.63, 3.8) is 0 Å². The number of carbonyl (C=O) groups is 1. The quantitative estimate of drug-likeness (QED) is 0.775. The number of anilines is 1. The summed E-state index contributed by atoms with van der Waals surface area (Å²) in [6.45, 7) is 1.42. The molecule has 0 bridgehead atoms. The summed E-state index contributed by atoms with van der Waals surface area (Å²) >= 11 is 11.7. The minimum Gasteiger partial charge on any atom is -0.497 e. The maximum atomic E-state index is 12.4. The second-order valence-electron chi connectivity index (χ2n) is 5.14. The van der Waals surface area contributed by atoms with Gasteiger partial charge in [0.05, 0.1) is 18.2 Å². The van der Waals surface area contributed by atoms with Crippen molar-refractivity contribution < 1.29 is 17.9 Å². The Morgan fingerprint density at radius 3 is 2.56 bits per heavy atom. The molecule has 2 rings (SSSR count). The normalized spacial score (nSPS) is 12.5. The molecule has 1 atom stereocenters. The Balaban J connectivity index is 2.13. The molecule has 2 N–H and O–H groups in total. The van der Waals surface area contributed by atoms with Gasteiger partial charge in [-0.05, 0) is 37.3 Å². The van der Waals surface area contributed by atoms with E-state index in [-0.39, 0.29) is 14.9 Å². The van der Waals surface area contributed by atoms with Crippen LogP contribution in [0.25, 0.3) is 0 Å². The molecule has 0 unspecified atom stereocenters. The SMILES string of the molecule is COc1cccc(NC(=O)[C@H](C)NS(=O)(=O)c2cc(Cl)ccc2Cl)c1. The zero-order valence-corrected chi connectivity index (χ0v) is 15.7. The second kappa shape index (κ2) is 8.05. The molecular weight excluding hydrogens is 387 g/mol. The van der Waals surface area contributed by atoms with Crippen molar-refractivity contribution >= 4 is 44.8 Å². The summed E-state index contributed by atoms with van der Waals surface area (Å²) in [5, 5.41) is 2.84. The summed E-state index contributed by atoms with van der Waals surface area (Å²) < 4.78 is 32.2. The monoisotopic (exact) mass is 402 g/mol. The Hall–Kier alpha value is -1.80. The number of amides is 1. The van der Waals surface area contributed by atoms with Crippen molar-refractivity contribution in [3.05, 3.63) is 52.5 Å². The fourth-order valence-electron chi connectivity index (χ4n) is 1.98. The number of ether oxygens (including phenoxy) is 1. The van der Waals surface area contributed by atoms with Crippen LogP contribution in [-0.4, -0.2) is 27.5 Å². The molecule has 1 amide bonds. The van der Waals surface area contributed by atoms with E-state index in [1.165, 1.54) is 32.2 Å². The van der Waals surface area contributed by atoms with E-state index in [0.717, 1.165) is 0 Å². The third-order valence-corrected chi connectivity index (χ3v) is 5.50. The Labute approximate surface area is 156 Å². The van der Waals surface area contributed by atoms with Crippen molar-refractivity contribution in [2.75, 3.05) is 12.4 Å². The van der Waals surface area contributed by atoms with Gasteiger partial charge >= 0.3 is 0 Å². The maximum absolute atomic E-state index is 12.4.